The van der Waals surface area contributed by atoms with Crippen LogP contribution < -0.4 is 9.47 Å². The minimum atomic E-state index is -0.349. The zero-order chi connectivity index (χ0) is 19.3. The minimum Gasteiger partial charge on any atom is -0.493 e. The molecule has 2 aliphatic heterocycles. The van der Waals surface area contributed by atoms with E-state index in [0.29, 0.717) is 19.8 Å². The van der Waals surface area contributed by atoms with Gasteiger partial charge in [0.1, 0.15) is 5.54 Å². The highest BCUT2D eigenvalue weighted by Gasteiger charge is 2.50. The fraction of sp³-hybridized carbons (Fsp3) is 0.667. The zero-order valence-corrected chi connectivity index (χ0v) is 16.8. The van der Waals surface area contributed by atoms with Crippen LogP contribution in [0.5, 0.6) is 11.5 Å². The largest absolute Gasteiger partial charge is 0.493 e. The third-order valence-corrected chi connectivity index (χ3v) is 5.79. The van der Waals surface area contributed by atoms with E-state index in [1.807, 2.05) is 24.0 Å². The van der Waals surface area contributed by atoms with Gasteiger partial charge in [-0.2, -0.15) is 0 Å². The fourth-order valence-corrected chi connectivity index (χ4v) is 4.48. The molecule has 2 fully saturated rings. The Morgan fingerprint density at radius 2 is 1.89 bits per heavy atom. The Hall–Kier alpha value is -1.79. The Labute approximate surface area is 162 Å². The Morgan fingerprint density at radius 3 is 2.59 bits per heavy atom. The number of likely N-dealkylation sites (tertiary alicyclic amines) is 2. The van der Waals surface area contributed by atoms with Gasteiger partial charge in [-0.25, -0.2) is 0 Å². The third-order valence-electron chi connectivity index (χ3n) is 5.79. The molecule has 0 bridgehead atoms. The molecule has 1 atom stereocenters. The van der Waals surface area contributed by atoms with Crippen LogP contribution in [0, 0.1) is 0 Å². The predicted octanol–water partition coefficient (Wildman–Crippen LogP) is 2.70. The first-order valence-electron chi connectivity index (χ1n) is 9.97. The van der Waals surface area contributed by atoms with Crippen molar-refractivity contribution in [3.05, 3.63) is 23.8 Å². The summed E-state index contributed by atoms with van der Waals surface area (Å²) < 4.78 is 16.3. The number of amides is 1. The molecule has 0 aromatic heterocycles. The van der Waals surface area contributed by atoms with Crippen LogP contribution in [0.1, 0.15) is 38.2 Å². The average Bonchev–Trinajstić information content (AvgIpc) is 3.07. The molecule has 27 heavy (non-hydrogen) atoms. The van der Waals surface area contributed by atoms with Crippen LogP contribution >= 0.6 is 0 Å². The summed E-state index contributed by atoms with van der Waals surface area (Å²) >= 11 is 0. The van der Waals surface area contributed by atoms with E-state index in [9.17, 15) is 4.79 Å². The van der Waals surface area contributed by atoms with E-state index in [2.05, 4.69) is 11.0 Å². The maximum atomic E-state index is 13.3. The Bertz CT molecular complexity index is 651. The molecule has 6 nitrogen and oxygen atoms in total. The molecule has 2 heterocycles. The van der Waals surface area contributed by atoms with E-state index in [1.54, 1.807) is 14.2 Å². The fourth-order valence-electron chi connectivity index (χ4n) is 4.48. The number of nitrogens with zero attached hydrogens (tertiary/aromatic N) is 2. The first-order valence-corrected chi connectivity index (χ1v) is 9.97. The summed E-state index contributed by atoms with van der Waals surface area (Å²) in [6.07, 6.45) is 4.02. The number of carbonyl (C=O) groups is 1. The van der Waals surface area contributed by atoms with Gasteiger partial charge < -0.3 is 19.1 Å². The lowest BCUT2D eigenvalue weighted by Gasteiger charge is -2.44. The highest BCUT2D eigenvalue weighted by molar-refractivity contribution is 5.87. The molecule has 150 valence electrons. The lowest BCUT2D eigenvalue weighted by Crippen LogP contribution is -2.60. The molecule has 6 heteroatoms. The summed E-state index contributed by atoms with van der Waals surface area (Å²) in [4.78, 5) is 17.7. The Morgan fingerprint density at radius 1 is 1.11 bits per heavy atom. The lowest BCUT2D eigenvalue weighted by molar-refractivity contribution is -0.148. The predicted molar refractivity (Wildman–Crippen MR) is 104 cm³/mol. The van der Waals surface area contributed by atoms with Gasteiger partial charge in [0.25, 0.3) is 0 Å². The summed E-state index contributed by atoms with van der Waals surface area (Å²) in [6.45, 7) is 6.41. The molecule has 3 rings (SSSR count). The summed E-state index contributed by atoms with van der Waals surface area (Å²) in [7, 11) is 3.35. The van der Waals surface area contributed by atoms with Gasteiger partial charge in [-0.15, -0.1) is 0 Å². The summed E-state index contributed by atoms with van der Waals surface area (Å²) in [5.74, 6) is 1.79. The first kappa shape index (κ1) is 20.0. The molecule has 0 aliphatic carbocycles. The van der Waals surface area contributed by atoms with Crippen molar-refractivity contribution in [2.75, 3.05) is 47.1 Å². The molecule has 1 unspecified atom stereocenters. The second-order valence-corrected chi connectivity index (χ2v) is 7.36. The van der Waals surface area contributed by atoms with E-state index in [-0.39, 0.29) is 11.4 Å². The van der Waals surface area contributed by atoms with Crippen molar-refractivity contribution < 1.29 is 19.0 Å². The topological polar surface area (TPSA) is 51.2 Å². The smallest absolute Gasteiger partial charge is 0.243 e. The van der Waals surface area contributed by atoms with E-state index < -0.39 is 0 Å². The highest BCUT2D eigenvalue weighted by Crippen LogP contribution is 2.39. The van der Waals surface area contributed by atoms with E-state index >= 15 is 0 Å². The van der Waals surface area contributed by atoms with Gasteiger partial charge in [-0.3, -0.25) is 9.69 Å². The summed E-state index contributed by atoms with van der Waals surface area (Å²) in [5.41, 5.74) is 0.802. The molecule has 2 aliphatic rings. The van der Waals surface area contributed by atoms with Crippen molar-refractivity contribution in [2.24, 2.45) is 0 Å². The molecule has 1 aromatic rings. The Balaban J connectivity index is 1.77. The van der Waals surface area contributed by atoms with Crippen molar-refractivity contribution >= 4 is 5.91 Å². The van der Waals surface area contributed by atoms with Crippen molar-refractivity contribution in [2.45, 2.75) is 44.7 Å². The maximum absolute atomic E-state index is 13.3. The molecule has 2 saturated heterocycles. The number of piperidine rings is 1. The first-order chi connectivity index (χ1) is 13.1. The number of hydrogen-bond acceptors (Lipinski definition) is 5. The highest BCUT2D eigenvalue weighted by atomic mass is 16.5. The van der Waals surface area contributed by atoms with Crippen LogP contribution in [0.15, 0.2) is 18.2 Å². The number of methoxy groups -OCH3 is 2. The number of hydrogen-bond donors (Lipinski definition) is 0. The van der Waals surface area contributed by atoms with Crippen LogP contribution in [0.2, 0.25) is 0 Å². The molecule has 1 amide bonds. The van der Waals surface area contributed by atoms with Crippen molar-refractivity contribution in [3.63, 3.8) is 0 Å². The molecule has 0 N–H and O–H groups in total. The molecular weight excluding hydrogens is 344 g/mol. The van der Waals surface area contributed by atoms with E-state index in [0.717, 1.165) is 62.4 Å². The van der Waals surface area contributed by atoms with Crippen LogP contribution in [-0.4, -0.2) is 68.3 Å². The minimum absolute atomic E-state index is 0.279. The second-order valence-electron chi connectivity index (χ2n) is 7.36. The molecule has 0 saturated carbocycles. The van der Waals surface area contributed by atoms with Gasteiger partial charge in [0, 0.05) is 26.7 Å². The van der Waals surface area contributed by atoms with Crippen molar-refractivity contribution in [3.8, 4) is 11.5 Å². The van der Waals surface area contributed by atoms with Crippen molar-refractivity contribution in [1.29, 1.82) is 0 Å². The molecule has 0 radical (unpaired) electrons. The van der Waals surface area contributed by atoms with Gasteiger partial charge in [0.2, 0.25) is 5.91 Å². The quantitative estimate of drug-likeness (QED) is 0.698. The van der Waals surface area contributed by atoms with Gasteiger partial charge in [-0.05, 0) is 56.8 Å². The van der Waals surface area contributed by atoms with Gasteiger partial charge in [0.15, 0.2) is 11.5 Å². The Kier molecular flexibility index (Phi) is 6.60. The second kappa shape index (κ2) is 8.93. The summed E-state index contributed by atoms with van der Waals surface area (Å²) in [5, 5.41) is 0. The lowest BCUT2D eigenvalue weighted by atomic mass is 9.85. The van der Waals surface area contributed by atoms with Crippen LogP contribution in [0.4, 0.5) is 0 Å². The van der Waals surface area contributed by atoms with Gasteiger partial charge >= 0.3 is 0 Å². The SMILES string of the molecule is CCOc1ccc(CN2CCCC23CCCN(CCOC)C3=O)cc1OC. The average molecular weight is 376 g/mol. The van der Waals surface area contributed by atoms with E-state index in [1.165, 1.54) is 0 Å². The van der Waals surface area contributed by atoms with Gasteiger partial charge in [0.05, 0.1) is 20.3 Å². The van der Waals surface area contributed by atoms with Crippen LogP contribution in [-0.2, 0) is 16.1 Å². The van der Waals surface area contributed by atoms with E-state index in [4.69, 9.17) is 14.2 Å². The van der Waals surface area contributed by atoms with Gasteiger partial charge in [-0.1, -0.05) is 6.07 Å². The number of benzene rings is 1. The third kappa shape index (κ3) is 4.06. The standard InChI is InChI=1S/C21H32N2O4/c1-4-27-18-8-7-17(15-19(18)26-3)16-23-12-6-10-21(23)9-5-11-22(20(21)24)13-14-25-2/h7-8,15H,4-6,9-14,16H2,1-3H3. The monoisotopic (exact) mass is 376 g/mol. The number of rotatable bonds is 8. The zero-order valence-electron chi connectivity index (χ0n) is 16.8. The van der Waals surface area contributed by atoms with Crippen molar-refractivity contribution in [1.82, 2.24) is 9.80 Å². The number of carbonyl (C=O) groups excluding carboxylic acids is 1. The van der Waals surface area contributed by atoms with Crippen LogP contribution in [0.25, 0.3) is 0 Å². The maximum Gasteiger partial charge on any atom is 0.243 e. The molecule has 1 spiro atoms. The number of ether oxygens (including phenoxy) is 3. The van der Waals surface area contributed by atoms with Crippen LogP contribution in [0.3, 0.4) is 0 Å². The summed E-state index contributed by atoms with van der Waals surface area (Å²) in [6, 6.07) is 6.08. The molecular formula is C21H32N2O4. The normalized spacial score (nSPS) is 23.2. The molecule has 1 aromatic carbocycles.